The third-order valence-electron chi connectivity index (χ3n) is 4.10. The van der Waals surface area contributed by atoms with Gasteiger partial charge in [-0.15, -0.1) is 0 Å². The molecule has 1 aliphatic rings. The molecule has 4 heteroatoms. The van der Waals surface area contributed by atoms with Crippen molar-refractivity contribution in [1.82, 2.24) is 4.90 Å². The van der Waals surface area contributed by atoms with Crippen LogP contribution in [0.5, 0.6) is 5.75 Å². The van der Waals surface area contributed by atoms with Gasteiger partial charge in [0.1, 0.15) is 5.75 Å². The molecule has 0 atom stereocenters. The lowest BCUT2D eigenvalue weighted by Crippen LogP contribution is -2.41. The van der Waals surface area contributed by atoms with Crippen LogP contribution in [0, 0.1) is 0 Å². The summed E-state index contributed by atoms with van der Waals surface area (Å²) in [7, 11) is 1.57. The summed E-state index contributed by atoms with van der Waals surface area (Å²) in [5.41, 5.74) is 7.02. The van der Waals surface area contributed by atoms with Gasteiger partial charge >= 0.3 is 0 Å². The van der Waals surface area contributed by atoms with E-state index >= 15 is 0 Å². The van der Waals surface area contributed by atoms with Gasteiger partial charge in [0, 0.05) is 18.2 Å². The van der Waals surface area contributed by atoms with Crippen molar-refractivity contribution in [2.24, 2.45) is 0 Å². The maximum absolute atomic E-state index is 12.7. The van der Waals surface area contributed by atoms with Gasteiger partial charge in [-0.2, -0.15) is 0 Å². The fourth-order valence-electron chi connectivity index (χ4n) is 2.97. The van der Waals surface area contributed by atoms with Gasteiger partial charge in [0.05, 0.1) is 12.8 Å². The fraction of sp³-hybridized carbons (Fsp3) is 0.562. The van der Waals surface area contributed by atoms with Gasteiger partial charge in [-0.3, -0.25) is 4.79 Å². The van der Waals surface area contributed by atoms with E-state index in [-0.39, 0.29) is 5.91 Å². The minimum Gasteiger partial charge on any atom is -0.495 e. The van der Waals surface area contributed by atoms with Crippen LogP contribution in [-0.4, -0.2) is 30.5 Å². The average Bonchev–Trinajstić information content (AvgIpc) is 2.49. The summed E-state index contributed by atoms with van der Waals surface area (Å²) in [6, 6.07) is 5.64. The molecule has 0 saturated heterocycles. The summed E-state index contributed by atoms with van der Waals surface area (Å²) in [5, 5.41) is 0. The van der Waals surface area contributed by atoms with E-state index in [0.29, 0.717) is 23.0 Å². The number of anilines is 1. The van der Waals surface area contributed by atoms with Gasteiger partial charge in [-0.05, 0) is 38.0 Å². The van der Waals surface area contributed by atoms with Crippen LogP contribution in [0.4, 0.5) is 5.69 Å². The number of nitrogen functional groups attached to an aromatic ring is 1. The van der Waals surface area contributed by atoms with Crippen LogP contribution in [0.15, 0.2) is 18.2 Å². The lowest BCUT2D eigenvalue weighted by molar-refractivity contribution is 0.0647. The molecule has 0 aliphatic heterocycles. The first kappa shape index (κ1) is 14.7. The zero-order valence-corrected chi connectivity index (χ0v) is 12.4. The van der Waals surface area contributed by atoms with Crippen LogP contribution in [-0.2, 0) is 0 Å². The fourth-order valence-corrected chi connectivity index (χ4v) is 2.97. The van der Waals surface area contributed by atoms with Crippen molar-refractivity contribution >= 4 is 11.6 Å². The van der Waals surface area contributed by atoms with Gasteiger partial charge in [0.15, 0.2) is 0 Å². The highest BCUT2D eigenvalue weighted by atomic mass is 16.5. The Morgan fingerprint density at radius 3 is 2.65 bits per heavy atom. The number of nitrogens with two attached hydrogens (primary N) is 1. The molecule has 1 aliphatic carbocycles. The van der Waals surface area contributed by atoms with Crippen molar-refractivity contribution in [1.29, 1.82) is 0 Å². The number of methoxy groups -OCH3 is 1. The molecule has 2 rings (SSSR count). The molecule has 1 saturated carbocycles. The van der Waals surface area contributed by atoms with Crippen molar-refractivity contribution in [3.05, 3.63) is 23.8 Å². The number of hydrogen-bond donors (Lipinski definition) is 1. The Balaban J connectivity index is 2.19. The second kappa shape index (κ2) is 6.64. The van der Waals surface area contributed by atoms with Crippen molar-refractivity contribution in [2.75, 3.05) is 19.4 Å². The van der Waals surface area contributed by atoms with E-state index in [4.69, 9.17) is 10.5 Å². The normalized spacial score (nSPS) is 15.9. The van der Waals surface area contributed by atoms with Crippen LogP contribution in [0.1, 0.15) is 49.4 Å². The van der Waals surface area contributed by atoms with Crippen LogP contribution >= 0.6 is 0 Å². The molecule has 1 aromatic rings. The smallest absolute Gasteiger partial charge is 0.254 e. The van der Waals surface area contributed by atoms with Gasteiger partial charge in [-0.25, -0.2) is 0 Å². The summed E-state index contributed by atoms with van der Waals surface area (Å²) in [6.07, 6.45) is 5.97. The topological polar surface area (TPSA) is 55.6 Å². The first-order valence-corrected chi connectivity index (χ1v) is 7.41. The number of ether oxygens (including phenoxy) is 1. The van der Waals surface area contributed by atoms with Gasteiger partial charge < -0.3 is 15.4 Å². The van der Waals surface area contributed by atoms with Gasteiger partial charge in [0.2, 0.25) is 0 Å². The molecule has 4 nitrogen and oxygen atoms in total. The molecule has 1 amide bonds. The molecule has 0 radical (unpaired) electrons. The van der Waals surface area contributed by atoms with E-state index in [0.717, 1.165) is 19.4 Å². The van der Waals surface area contributed by atoms with Crippen molar-refractivity contribution in [2.45, 2.75) is 45.1 Å². The Morgan fingerprint density at radius 1 is 1.35 bits per heavy atom. The highest BCUT2D eigenvalue weighted by molar-refractivity contribution is 5.95. The van der Waals surface area contributed by atoms with Crippen LogP contribution in [0.3, 0.4) is 0 Å². The lowest BCUT2D eigenvalue weighted by atomic mass is 9.93. The summed E-state index contributed by atoms with van der Waals surface area (Å²) in [4.78, 5) is 14.7. The predicted molar refractivity (Wildman–Crippen MR) is 81.0 cm³/mol. The Morgan fingerprint density at radius 2 is 2.05 bits per heavy atom. The van der Waals surface area contributed by atoms with Crippen molar-refractivity contribution in [3.8, 4) is 5.75 Å². The average molecular weight is 276 g/mol. The molecular weight excluding hydrogens is 252 g/mol. The molecule has 1 fully saturated rings. The molecule has 20 heavy (non-hydrogen) atoms. The number of rotatable bonds is 4. The third kappa shape index (κ3) is 3.06. The first-order chi connectivity index (χ1) is 9.67. The van der Waals surface area contributed by atoms with E-state index in [9.17, 15) is 4.79 Å². The molecule has 0 bridgehead atoms. The standard InChI is InChI=1S/C16H24N2O2/c1-3-18(13-7-5-4-6-8-13)16(19)12-9-10-14(17)15(11-12)20-2/h9-11,13H,3-8,17H2,1-2H3. The number of carbonyl (C=O) groups excluding carboxylic acids is 1. The second-order valence-corrected chi connectivity index (χ2v) is 5.34. The predicted octanol–water partition coefficient (Wildman–Crippen LogP) is 3.07. The molecule has 2 N–H and O–H groups in total. The summed E-state index contributed by atoms with van der Waals surface area (Å²) < 4.78 is 5.20. The Labute approximate surface area is 120 Å². The van der Waals surface area contributed by atoms with E-state index in [1.807, 2.05) is 11.8 Å². The SMILES string of the molecule is CCN(C(=O)c1ccc(N)c(OC)c1)C1CCCCC1. The highest BCUT2D eigenvalue weighted by Gasteiger charge is 2.25. The molecule has 0 heterocycles. The summed E-state index contributed by atoms with van der Waals surface area (Å²) >= 11 is 0. The van der Waals surface area contributed by atoms with Gasteiger partial charge in [0.25, 0.3) is 5.91 Å². The van der Waals surface area contributed by atoms with E-state index < -0.39 is 0 Å². The second-order valence-electron chi connectivity index (χ2n) is 5.34. The zero-order valence-electron chi connectivity index (χ0n) is 12.4. The number of hydrogen-bond acceptors (Lipinski definition) is 3. The molecule has 0 unspecified atom stereocenters. The number of nitrogens with zero attached hydrogens (tertiary/aromatic N) is 1. The van der Waals surface area contributed by atoms with Gasteiger partial charge in [-0.1, -0.05) is 19.3 Å². The van der Waals surface area contributed by atoms with Crippen LogP contribution < -0.4 is 10.5 Å². The highest BCUT2D eigenvalue weighted by Crippen LogP contribution is 2.26. The lowest BCUT2D eigenvalue weighted by Gasteiger charge is -2.33. The maximum atomic E-state index is 12.7. The largest absolute Gasteiger partial charge is 0.495 e. The summed E-state index contributed by atoms with van der Waals surface area (Å²) in [6.45, 7) is 2.79. The van der Waals surface area contributed by atoms with Crippen LogP contribution in [0.2, 0.25) is 0 Å². The van der Waals surface area contributed by atoms with E-state index in [1.165, 1.54) is 19.3 Å². The number of amides is 1. The number of benzene rings is 1. The van der Waals surface area contributed by atoms with Crippen molar-refractivity contribution < 1.29 is 9.53 Å². The van der Waals surface area contributed by atoms with Crippen LogP contribution in [0.25, 0.3) is 0 Å². The molecule has 0 aromatic heterocycles. The Hall–Kier alpha value is -1.71. The van der Waals surface area contributed by atoms with E-state index in [2.05, 4.69) is 0 Å². The zero-order chi connectivity index (χ0) is 14.5. The number of carbonyl (C=O) groups is 1. The Bertz CT molecular complexity index is 468. The Kier molecular flexibility index (Phi) is 4.88. The first-order valence-electron chi connectivity index (χ1n) is 7.41. The summed E-state index contributed by atoms with van der Waals surface area (Å²) in [5.74, 6) is 0.647. The molecule has 110 valence electrons. The third-order valence-corrected chi connectivity index (χ3v) is 4.10. The minimum atomic E-state index is 0.0812. The quantitative estimate of drug-likeness (QED) is 0.860. The minimum absolute atomic E-state index is 0.0812. The van der Waals surface area contributed by atoms with E-state index in [1.54, 1.807) is 25.3 Å². The molecule has 1 aromatic carbocycles. The van der Waals surface area contributed by atoms with Crippen molar-refractivity contribution in [3.63, 3.8) is 0 Å². The maximum Gasteiger partial charge on any atom is 0.254 e. The molecular formula is C16H24N2O2. The monoisotopic (exact) mass is 276 g/mol. The molecule has 0 spiro atoms.